The van der Waals surface area contributed by atoms with Gasteiger partial charge in [-0.05, 0) is 37.0 Å². The fraction of sp³-hybridized carbons (Fsp3) is 0.333. The Bertz CT molecular complexity index is 712. The molecule has 0 aliphatic heterocycles. The van der Waals surface area contributed by atoms with E-state index in [0.29, 0.717) is 17.6 Å². The molecule has 110 valence electrons. The van der Waals surface area contributed by atoms with Crippen LogP contribution in [0.4, 0.5) is 5.69 Å². The molecular formula is C15H15BrClN3O. The molecule has 1 saturated carbocycles. The molecule has 0 spiro atoms. The first-order chi connectivity index (χ1) is 10.1. The number of benzene rings is 1. The molecule has 1 N–H and O–H groups in total. The van der Waals surface area contributed by atoms with E-state index in [1.807, 2.05) is 18.2 Å². The largest absolute Gasteiger partial charge is 0.381 e. The maximum atomic E-state index is 12.1. The van der Waals surface area contributed by atoms with E-state index in [1.54, 1.807) is 12.3 Å². The second kappa shape index (κ2) is 6.20. The Morgan fingerprint density at radius 2 is 2.19 bits per heavy atom. The summed E-state index contributed by atoms with van der Waals surface area (Å²) in [5.41, 5.74) is 1.54. The van der Waals surface area contributed by atoms with Crippen molar-refractivity contribution in [3.05, 3.63) is 55.9 Å². The Morgan fingerprint density at radius 3 is 2.81 bits per heavy atom. The van der Waals surface area contributed by atoms with Crippen LogP contribution < -0.4 is 10.9 Å². The average Bonchev–Trinajstić information content (AvgIpc) is 2.39. The lowest BCUT2D eigenvalue weighted by Crippen LogP contribution is -2.29. The van der Waals surface area contributed by atoms with Gasteiger partial charge in [0.2, 0.25) is 0 Å². The number of nitrogens with zero attached hydrogens (tertiary/aromatic N) is 2. The third-order valence-corrected chi connectivity index (χ3v) is 4.53. The van der Waals surface area contributed by atoms with Crippen molar-refractivity contribution < 1.29 is 0 Å². The van der Waals surface area contributed by atoms with Gasteiger partial charge in [0.25, 0.3) is 5.56 Å². The van der Waals surface area contributed by atoms with Crippen LogP contribution in [0, 0.1) is 0 Å². The zero-order valence-corrected chi connectivity index (χ0v) is 13.7. The predicted octanol–water partition coefficient (Wildman–Crippen LogP) is 3.67. The molecule has 6 heteroatoms. The highest BCUT2D eigenvalue weighted by Gasteiger charge is 2.17. The lowest BCUT2D eigenvalue weighted by atomic mass is 9.93. The Labute approximate surface area is 136 Å². The van der Waals surface area contributed by atoms with Crippen molar-refractivity contribution in [1.82, 2.24) is 9.78 Å². The van der Waals surface area contributed by atoms with Crippen molar-refractivity contribution in [1.29, 1.82) is 0 Å². The van der Waals surface area contributed by atoms with Crippen molar-refractivity contribution in [3.63, 3.8) is 0 Å². The number of nitrogens with one attached hydrogen (secondary N) is 1. The van der Waals surface area contributed by atoms with Gasteiger partial charge in [-0.2, -0.15) is 5.10 Å². The van der Waals surface area contributed by atoms with Crippen molar-refractivity contribution in [3.8, 4) is 0 Å². The minimum atomic E-state index is -0.127. The van der Waals surface area contributed by atoms with E-state index < -0.39 is 0 Å². The molecule has 4 nitrogen and oxygen atoms in total. The first-order valence-corrected chi connectivity index (χ1v) is 8.06. The monoisotopic (exact) mass is 367 g/mol. The summed E-state index contributed by atoms with van der Waals surface area (Å²) in [5, 5.41) is 8.16. The summed E-state index contributed by atoms with van der Waals surface area (Å²) in [5.74, 6) is 0. The molecule has 1 fully saturated rings. The minimum Gasteiger partial charge on any atom is -0.381 e. The van der Waals surface area contributed by atoms with Gasteiger partial charge in [0.15, 0.2) is 0 Å². The molecule has 0 radical (unpaired) electrons. The number of anilines is 1. The molecule has 3 rings (SSSR count). The third-order valence-electron chi connectivity index (χ3n) is 3.68. The average molecular weight is 369 g/mol. The summed E-state index contributed by atoms with van der Waals surface area (Å²) in [6.45, 7) is 0.370. The molecule has 1 aromatic heterocycles. The molecular weight excluding hydrogens is 354 g/mol. The smallest absolute Gasteiger partial charge is 0.269 e. The van der Waals surface area contributed by atoms with Crippen molar-refractivity contribution in [2.75, 3.05) is 5.32 Å². The Hall–Kier alpha value is -1.33. The van der Waals surface area contributed by atoms with Crippen LogP contribution in [-0.4, -0.2) is 15.8 Å². The van der Waals surface area contributed by atoms with Gasteiger partial charge in [-0.1, -0.05) is 33.6 Å². The van der Waals surface area contributed by atoms with E-state index in [-0.39, 0.29) is 5.56 Å². The first kappa shape index (κ1) is 14.6. The molecule has 1 aromatic carbocycles. The number of hydrogen-bond acceptors (Lipinski definition) is 3. The van der Waals surface area contributed by atoms with Crippen LogP contribution in [0.5, 0.6) is 0 Å². The maximum absolute atomic E-state index is 12.1. The van der Waals surface area contributed by atoms with E-state index in [2.05, 4.69) is 26.3 Å². The van der Waals surface area contributed by atoms with Crippen LogP contribution in [0.25, 0.3) is 0 Å². The van der Waals surface area contributed by atoms with Gasteiger partial charge in [-0.3, -0.25) is 4.79 Å². The lowest BCUT2D eigenvalue weighted by molar-refractivity contribution is 0.445. The standard InChI is InChI=1S/C15H15BrClN3O/c16-11-5-4-10(14(17)6-11)9-20-15(21)7-13(8-18-20)19-12-2-1-3-12/h4-8,12,19H,1-3,9H2. The minimum absolute atomic E-state index is 0.127. The summed E-state index contributed by atoms with van der Waals surface area (Å²) in [6.07, 6.45) is 5.28. The summed E-state index contributed by atoms with van der Waals surface area (Å²) < 4.78 is 2.33. The fourth-order valence-electron chi connectivity index (χ4n) is 2.23. The molecule has 1 aliphatic rings. The second-order valence-electron chi connectivity index (χ2n) is 5.25. The third kappa shape index (κ3) is 3.47. The van der Waals surface area contributed by atoms with Gasteiger partial charge >= 0.3 is 0 Å². The summed E-state index contributed by atoms with van der Waals surface area (Å²) >= 11 is 9.54. The topological polar surface area (TPSA) is 46.9 Å². The number of hydrogen-bond donors (Lipinski definition) is 1. The highest BCUT2D eigenvalue weighted by atomic mass is 79.9. The van der Waals surface area contributed by atoms with E-state index in [1.165, 1.54) is 11.1 Å². The summed E-state index contributed by atoms with van der Waals surface area (Å²) in [6, 6.07) is 7.69. The normalized spacial score (nSPS) is 14.8. The maximum Gasteiger partial charge on any atom is 0.269 e. The molecule has 21 heavy (non-hydrogen) atoms. The van der Waals surface area contributed by atoms with Crippen LogP contribution in [0.3, 0.4) is 0 Å². The van der Waals surface area contributed by atoms with E-state index in [4.69, 9.17) is 11.6 Å². The highest BCUT2D eigenvalue weighted by molar-refractivity contribution is 9.10. The van der Waals surface area contributed by atoms with Crippen LogP contribution >= 0.6 is 27.5 Å². The zero-order chi connectivity index (χ0) is 14.8. The molecule has 0 unspecified atom stereocenters. The van der Waals surface area contributed by atoms with Crippen molar-refractivity contribution >= 4 is 33.2 Å². The number of aromatic nitrogens is 2. The Balaban J connectivity index is 1.77. The molecule has 1 aliphatic carbocycles. The second-order valence-corrected chi connectivity index (χ2v) is 6.57. The van der Waals surface area contributed by atoms with Gasteiger partial charge in [-0.25, -0.2) is 4.68 Å². The van der Waals surface area contributed by atoms with Crippen molar-refractivity contribution in [2.24, 2.45) is 0 Å². The first-order valence-electron chi connectivity index (χ1n) is 6.89. The quantitative estimate of drug-likeness (QED) is 0.895. The van der Waals surface area contributed by atoms with Crippen LogP contribution in [0.1, 0.15) is 24.8 Å². The number of halogens is 2. The van der Waals surface area contributed by atoms with Gasteiger partial charge in [0, 0.05) is 21.6 Å². The molecule has 2 aromatic rings. The predicted molar refractivity (Wildman–Crippen MR) is 88.0 cm³/mol. The van der Waals surface area contributed by atoms with Crippen LogP contribution in [0.2, 0.25) is 5.02 Å². The van der Waals surface area contributed by atoms with E-state index in [0.717, 1.165) is 28.6 Å². The van der Waals surface area contributed by atoms with Gasteiger partial charge in [0.1, 0.15) is 0 Å². The highest BCUT2D eigenvalue weighted by Crippen LogP contribution is 2.23. The van der Waals surface area contributed by atoms with Crippen LogP contribution in [-0.2, 0) is 6.54 Å². The molecule has 0 saturated heterocycles. The molecule has 0 amide bonds. The van der Waals surface area contributed by atoms with E-state index in [9.17, 15) is 4.79 Å². The van der Waals surface area contributed by atoms with Crippen LogP contribution in [0.15, 0.2) is 39.7 Å². The Morgan fingerprint density at radius 1 is 1.38 bits per heavy atom. The SMILES string of the molecule is O=c1cc(NC2CCC2)cnn1Cc1ccc(Br)cc1Cl. The molecule has 0 atom stereocenters. The van der Waals surface area contributed by atoms with Gasteiger partial charge in [0.05, 0.1) is 18.4 Å². The fourth-order valence-corrected chi connectivity index (χ4v) is 2.96. The summed E-state index contributed by atoms with van der Waals surface area (Å²) in [7, 11) is 0. The number of rotatable bonds is 4. The van der Waals surface area contributed by atoms with E-state index >= 15 is 0 Å². The van der Waals surface area contributed by atoms with Gasteiger partial charge < -0.3 is 5.32 Å². The molecule has 1 heterocycles. The van der Waals surface area contributed by atoms with Gasteiger partial charge in [-0.15, -0.1) is 0 Å². The zero-order valence-electron chi connectivity index (χ0n) is 11.4. The van der Waals surface area contributed by atoms with Crippen molar-refractivity contribution in [2.45, 2.75) is 31.8 Å². The molecule has 0 bridgehead atoms. The Kier molecular flexibility index (Phi) is 4.31. The summed E-state index contributed by atoms with van der Waals surface area (Å²) in [4.78, 5) is 12.1. The lowest BCUT2D eigenvalue weighted by Gasteiger charge is -2.27.